The molecule has 0 atom stereocenters. The Morgan fingerprint density at radius 2 is 2.36 bits per heavy atom. The molecule has 0 saturated carbocycles. The molecule has 0 fully saturated rings. The van der Waals surface area contributed by atoms with Crippen molar-refractivity contribution in [2.45, 2.75) is 19.3 Å². The average Bonchev–Trinajstić information content (AvgIpc) is 2.50. The van der Waals surface area contributed by atoms with E-state index in [4.69, 9.17) is 16.7 Å². The van der Waals surface area contributed by atoms with Crippen LogP contribution in [-0.2, 0) is 4.79 Å². The van der Waals surface area contributed by atoms with Gasteiger partial charge in [-0.05, 0) is 31.1 Å². The van der Waals surface area contributed by atoms with Gasteiger partial charge in [-0.2, -0.15) is 0 Å². The van der Waals surface area contributed by atoms with Gasteiger partial charge in [0, 0.05) is 11.3 Å². The van der Waals surface area contributed by atoms with Crippen molar-refractivity contribution in [1.29, 1.82) is 0 Å². The van der Waals surface area contributed by atoms with Crippen molar-refractivity contribution in [3.05, 3.63) is 27.4 Å². The molecule has 1 N–H and O–H groups in total. The van der Waals surface area contributed by atoms with Gasteiger partial charge < -0.3 is 5.11 Å². The molecule has 0 aromatic carbocycles. The minimum atomic E-state index is -0.738. The maximum atomic E-state index is 10.2. The van der Waals surface area contributed by atoms with E-state index < -0.39 is 5.97 Å². The molecule has 0 bridgehead atoms. The van der Waals surface area contributed by atoms with Crippen molar-refractivity contribution in [3.8, 4) is 0 Å². The Bertz CT molecular complexity index is 331. The van der Waals surface area contributed by atoms with Crippen LogP contribution in [0.5, 0.6) is 0 Å². The van der Waals surface area contributed by atoms with Crippen LogP contribution in [0.25, 0.3) is 6.08 Å². The lowest BCUT2D eigenvalue weighted by Crippen LogP contribution is -1.92. The molecular formula is C10H11ClO2S. The predicted molar refractivity (Wildman–Crippen MR) is 59.8 cm³/mol. The van der Waals surface area contributed by atoms with E-state index in [1.165, 1.54) is 11.3 Å². The molecule has 0 unspecified atom stereocenters. The van der Waals surface area contributed by atoms with Gasteiger partial charge in [0.05, 0.1) is 4.34 Å². The van der Waals surface area contributed by atoms with Gasteiger partial charge in [-0.15, -0.1) is 11.3 Å². The van der Waals surface area contributed by atoms with Crippen molar-refractivity contribution in [1.82, 2.24) is 0 Å². The van der Waals surface area contributed by atoms with Gasteiger partial charge in [0.25, 0.3) is 0 Å². The average molecular weight is 231 g/mol. The van der Waals surface area contributed by atoms with Gasteiger partial charge in [0.1, 0.15) is 0 Å². The standard InChI is InChI=1S/C10H11ClO2S/c11-9-7-6-8(14-9)4-2-1-3-5-10(12)13/h2,4,6-7H,1,3,5H2,(H,12,13)/b4-2+. The van der Waals surface area contributed by atoms with E-state index in [0.29, 0.717) is 6.42 Å². The molecule has 1 aromatic heterocycles. The second-order valence-corrected chi connectivity index (χ2v) is 4.58. The summed E-state index contributed by atoms with van der Waals surface area (Å²) < 4.78 is 0.773. The summed E-state index contributed by atoms with van der Waals surface area (Å²) in [6.45, 7) is 0. The molecule has 1 aromatic rings. The fourth-order valence-corrected chi connectivity index (χ4v) is 1.98. The van der Waals surface area contributed by atoms with E-state index in [-0.39, 0.29) is 6.42 Å². The molecule has 0 aliphatic rings. The molecule has 0 radical (unpaired) electrons. The highest BCUT2D eigenvalue weighted by Gasteiger charge is 1.94. The molecule has 0 aliphatic heterocycles. The van der Waals surface area contributed by atoms with E-state index in [1.807, 2.05) is 24.3 Å². The SMILES string of the molecule is O=C(O)CCC/C=C/c1ccc(Cl)s1. The van der Waals surface area contributed by atoms with Crippen LogP contribution >= 0.6 is 22.9 Å². The van der Waals surface area contributed by atoms with Crippen molar-refractivity contribution in [2.24, 2.45) is 0 Å². The van der Waals surface area contributed by atoms with E-state index in [1.54, 1.807) is 0 Å². The maximum absolute atomic E-state index is 10.2. The topological polar surface area (TPSA) is 37.3 Å². The van der Waals surface area contributed by atoms with E-state index in [2.05, 4.69) is 0 Å². The second kappa shape index (κ2) is 5.83. The third kappa shape index (κ3) is 4.44. The molecule has 76 valence electrons. The zero-order valence-electron chi connectivity index (χ0n) is 7.57. The summed E-state index contributed by atoms with van der Waals surface area (Å²) in [5.41, 5.74) is 0. The molecular weight excluding hydrogens is 220 g/mol. The number of carboxylic acid groups (broad SMARTS) is 1. The van der Waals surface area contributed by atoms with Crippen LogP contribution in [0.15, 0.2) is 18.2 Å². The largest absolute Gasteiger partial charge is 0.481 e. The summed E-state index contributed by atoms with van der Waals surface area (Å²) in [7, 11) is 0. The summed E-state index contributed by atoms with van der Waals surface area (Å²) >= 11 is 7.26. The van der Waals surface area contributed by atoms with Crippen LogP contribution in [0.1, 0.15) is 24.1 Å². The molecule has 0 spiro atoms. The first kappa shape index (κ1) is 11.3. The fourth-order valence-electron chi connectivity index (χ4n) is 0.988. The third-order valence-corrected chi connectivity index (χ3v) is 2.83. The Morgan fingerprint density at radius 1 is 1.57 bits per heavy atom. The Hall–Kier alpha value is -0.800. The lowest BCUT2D eigenvalue weighted by atomic mass is 10.2. The van der Waals surface area contributed by atoms with Crippen molar-refractivity contribution in [3.63, 3.8) is 0 Å². The molecule has 0 saturated heterocycles. The second-order valence-electron chi connectivity index (χ2n) is 2.83. The van der Waals surface area contributed by atoms with Crippen molar-refractivity contribution in [2.75, 3.05) is 0 Å². The molecule has 0 amide bonds. The summed E-state index contributed by atoms with van der Waals surface area (Å²) in [5, 5.41) is 8.39. The smallest absolute Gasteiger partial charge is 0.303 e. The summed E-state index contributed by atoms with van der Waals surface area (Å²) in [4.78, 5) is 11.3. The lowest BCUT2D eigenvalue weighted by Gasteiger charge is -1.89. The van der Waals surface area contributed by atoms with Gasteiger partial charge in [0.15, 0.2) is 0 Å². The zero-order valence-corrected chi connectivity index (χ0v) is 9.14. The first-order chi connectivity index (χ1) is 6.68. The van der Waals surface area contributed by atoms with Crippen LogP contribution in [-0.4, -0.2) is 11.1 Å². The first-order valence-electron chi connectivity index (χ1n) is 4.32. The number of allylic oxidation sites excluding steroid dienone is 1. The normalized spacial score (nSPS) is 10.9. The fraction of sp³-hybridized carbons (Fsp3) is 0.300. The van der Waals surface area contributed by atoms with Crippen LogP contribution < -0.4 is 0 Å². The van der Waals surface area contributed by atoms with Crippen LogP contribution in [0.4, 0.5) is 0 Å². The number of rotatable bonds is 5. The molecule has 2 nitrogen and oxygen atoms in total. The maximum Gasteiger partial charge on any atom is 0.303 e. The van der Waals surface area contributed by atoms with Gasteiger partial charge in [-0.25, -0.2) is 0 Å². The highest BCUT2D eigenvalue weighted by Crippen LogP contribution is 2.22. The van der Waals surface area contributed by atoms with Crippen molar-refractivity contribution < 1.29 is 9.90 Å². The van der Waals surface area contributed by atoms with Gasteiger partial charge in [-0.3, -0.25) is 4.79 Å². The Morgan fingerprint density at radius 3 is 2.93 bits per heavy atom. The van der Waals surface area contributed by atoms with E-state index in [0.717, 1.165) is 15.6 Å². The number of hydrogen-bond donors (Lipinski definition) is 1. The highest BCUT2D eigenvalue weighted by molar-refractivity contribution is 7.16. The monoisotopic (exact) mass is 230 g/mol. The number of aliphatic carboxylic acids is 1. The van der Waals surface area contributed by atoms with Gasteiger partial charge in [-0.1, -0.05) is 17.7 Å². The molecule has 0 aliphatic carbocycles. The number of hydrogen-bond acceptors (Lipinski definition) is 2. The number of carbonyl (C=O) groups is 1. The van der Waals surface area contributed by atoms with Crippen LogP contribution in [0.3, 0.4) is 0 Å². The zero-order chi connectivity index (χ0) is 10.4. The first-order valence-corrected chi connectivity index (χ1v) is 5.51. The number of unbranched alkanes of at least 4 members (excludes halogenated alkanes) is 1. The summed E-state index contributed by atoms with van der Waals surface area (Å²) in [6, 6.07) is 3.80. The third-order valence-electron chi connectivity index (χ3n) is 1.64. The minimum absolute atomic E-state index is 0.232. The van der Waals surface area contributed by atoms with Crippen molar-refractivity contribution >= 4 is 35.0 Å². The van der Waals surface area contributed by atoms with Gasteiger partial charge in [0.2, 0.25) is 0 Å². The quantitative estimate of drug-likeness (QED) is 0.784. The highest BCUT2D eigenvalue weighted by atomic mass is 35.5. The lowest BCUT2D eigenvalue weighted by molar-refractivity contribution is -0.137. The minimum Gasteiger partial charge on any atom is -0.481 e. The summed E-state index contributed by atoms with van der Waals surface area (Å²) in [5.74, 6) is -0.738. The number of thiophene rings is 1. The van der Waals surface area contributed by atoms with E-state index in [9.17, 15) is 4.79 Å². The number of carboxylic acids is 1. The Labute approximate surface area is 91.8 Å². The molecule has 14 heavy (non-hydrogen) atoms. The van der Waals surface area contributed by atoms with Crippen LogP contribution in [0.2, 0.25) is 4.34 Å². The molecule has 1 heterocycles. The van der Waals surface area contributed by atoms with Crippen LogP contribution in [0, 0.1) is 0 Å². The number of halogens is 1. The Kier molecular flexibility index (Phi) is 4.70. The summed E-state index contributed by atoms with van der Waals surface area (Å²) in [6.07, 6.45) is 5.66. The molecule has 1 rings (SSSR count). The molecule has 4 heteroatoms. The Balaban J connectivity index is 2.24. The predicted octanol–water partition coefficient (Wildman–Crippen LogP) is 3.67. The van der Waals surface area contributed by atoms with E-state index >= 15 is 0 Å². The van der Waals surface area contributed by atoms with Gasteiger partial charge >= 0.3 is 5.97 Å².